The first-order valence-corrected chi connectivity index (χ1v) is 6.08. The van der Waals surface area contributed by atoms with Crippen molar-refractivity contribution in [3.63, 3.8) is 0 Å². The van der Waals surface area contributed by atoms with Gasteiger partial charge in [0, 0.05) is 4.88 Å². The summed E-state index contributed by atoms with van der Waals surface area (Å²) in [7, 11) is 0. The molecule has 3 rings (SSSR count). The number of fused-ring (bicyclic) bond motifs is 3. The molecule has 1 atom stereocenters. The number of nitrogens with two attached hydrogens (primary N) is 1. The Hall–Kier alpha value is -1.16. The number of thiophene rings is 1. The lowest BCUT2D eigenvalue weighted by molar-refractivity contribution is 0.508. The smallest absolute Gasteiger partial charge is 0.135 e. The summed E-state index contributed by atoms with van der Waals surface area (Å²) in [6, 6.07) is 0. The predicted octanol–water partition coefficient (Wildman–Crippen LogP) is 2.40. The summed E-state index contributed by atoms with van der Waals surface area (Å²) in [5.41, 5.74) is 7.33. The normalized spacial score (nSPS) is 20.5. The van der Waals surface area contributed by atoms with E-state index in [1.54, 1.807) is 17.7 Å². The van der Waals surface area contributed by atoms with Gasteiger partial charge >= 0.3 is 0 Å². The fourth-order valence-electron chi connectivity index (χ4n) is 2.31. The molecule has 2 aromatic heterocycles. The number of hydrogen-bond donors (Lipinski definition) is 1. The molecule has 1 unspecified atom stereocenters. The van der Waals surface area contributed by atoms with Gasteiger partial charge in [0.25, 0.3) is 0 Å². The van der Waals surface area contributed by atoms with Crippen LogP contribution >= 0.6 is 11.3 Å². The van der Waals surface area contributed by atoms with Crippen LogP contribution in [0.4, 0.5) is 5.82 Å². The first kappa shape index (κ1) is 9.09. The average Bonchev–Trinajstić information content (AvgIpc) is 2.57. The quantitative estimate of drug-likeness (QED) is 0.740. The minimum atomic E-state index is 0.645. The van der Waals surface area contributed by atoms with Crippen LogP contribution in [0.2, 0.25) is 0 Å². The van der Waals surface area contributed by atoms with E-state index in [4.69, 9.17) is 5.73 Å². The van der Waals surface area contributed by atoms with Gasteiger partial charge in [0.1, 0.15) is 17.0 Å². The fraction of sp³-hybridized carbons (Fsp3) is 0.455. The Kier molecular flexibility index (Phi) is 1.92. The number of rotatable bonds is 0. The molecule has 0 aliphatic heterocycles. The van der Waals surface area contributed by atoms with Crippen molar-refractivity contribution in [1.82, 2.24) is 9.97 Å². The second-order valence-corrected chi connectivity index (χ2v) is 5.37. The minimum absolute atomic E-state index is 0.645. The standard InChI is InChI=1S/C11H13N3S/c1-6-2-3-8-7(4-6)9-10(12)13-5-14-11(9)15-8/h5-6H,2-4H2,1H3,(H2,12,13,14). The van der Waals surface area contributed by atoms with Gasteiger partial charge in [-0.05, 0) is 30.7 Å². The zero-order valence-corrected chi connectivity index (χ0v) is 9.47. The third-order valence-corrected chi connectivity index (χ3v) is 4.32. The van der Waals surface area contributed by atoms with Crippen LogP contribution in [0.1, 0.15) is 23.8 Å². The van der Waals surface area contributed by atoms with Crippen LogP contribution < -0.4 is 5.73 Å². The highest BCUT2D eigenvalue weighted by Gasteiger charge is 2.22. The number of aromatic nitrogens is 2. The molecule has 2 N–H and O–H groups in total. The summed E-state index contributed by atoms with van der Waals surface area (Å²) >= 11 is 1.78. The lowest BCUT2D eigenvalue weighted by Gasteiger charge is -2.17. The van der Waals surface area contributed by atoms with E-state index >= 15 is 0 Å². The molecular formula is C11H13N3S. The van der Waals surface area contributed by atoms with Crippen LogP contribution in [-0.2, 0) is 12.8 Å². The van der Waals surface area contributed by atoms with E-state index < -0.39 is 0 Å². The highest BCUT2D eigenvalue weighted by Crippen LogP contribution is 2.38. The van der Waals surface area contributed by atoms with Gasteiger partial charge in [0.2, 0.25) is 0 Å². The van der Waals surface area contributed by atoms with Gasteiger partial charge in [0.15, 0.2) is 0 Å². The fourth-order valence-corrected chi connectivity index (χ4v) is 3.50. The molecule has 0 radical (unpaired) electrons. The first-order chi connectivity index (χ1) is 7.25. The summed E-state index contributed by atoms with van der Waals surface area (Å²) in [4.78, 5) is 10.9. The molecule has 0 saturated carbocycles. The Labute approximate surface area is 92.4 Å². The van der Waals surface area contributed by atoms with Gasteiger partial charge in [-0.2, -0.15) is 0 Å². The van der Waals surface area contributed by atoms with E-state index in [0.29, 0.717) is 5.82 Å². The van der Waals surface area contributed by atoms with Crippen molar-refractivity contribution in [2.75, 3.05) is 5.73 Å². The summed E-state index contributed by atoms with van der Waals surface area (Å²) in [5, 5.41) is 1.11. The average molecular weight is 219 g/mol. The van der Waals surface area contributed by atoms with Crippen molar-refractivity contribution in [3.05, 3.63) is 16.8 Å². The summed E-state index contributed by atoms with van der Waals surface area (Å²) < 4.78 is 0. The number of hydrogen-bond acceptors (Lipinski definition) is 4. The Morgan fingerprint density at radius 1 is 1.47 bits per heavy atom. The van der Waals surface area contributed by atoms with E-state index in [2.05, 4.69) is 16.9 Å². The molecule has 1 aliphatic carbocycles. The highest BCUT2D eigenvalue weighted by molar-refractivity contribution is 7.18. The molecule has 0 bridgehead atoms. The van der Waals surface area contributed by atoms with Gasteiger partial charge in [-0.15, -0.1) is 11.3 Å². The van der Waals surface area contributed by atoms with E-state index in [1.807, 2.05) is 0 Å². The second kappa shape index (κ2) is 3.17. The maximum absolute atomic E-state index is 5.93. The Bertz CT molecular complexity index is 518. The van der Waals surface area contributed by atoms with E-state index in [-0.39, 0.29) is 0 Å². The van der Waals surface area contributed by atoms with Gasteiger partial charge in [-0.1, -0.05) is 6.92 Å². The highest BCUT2D eigenvalue weighted by atomic mass is 32.1. The monoisotopic (exact) mass is 219 g/mol. The largest absolute Gasteiger partial charge is 0.383 e. The number of nitrogens with zero attached hydrogens (tertiary/aromatic N) is 2. The van der Waals surface area contributed by atoms with Gasteiger partial charge in [-0.3, -0.25) is 0 Å². The van der Waals surface area contributed by atoms with Crippen molar-refractivity contribution in [3.8, 4) is 0 Å². The van der Waals surface area contributed by atoms with Crippen LogP contribution in [0, 0.1) is 5.92 Å². The minimum Gasteiger partial charge on any atom is -0.383 e. The lowest BCUT2D eigenvalue weighted by atomic mass is 9.89. The second-order valence-electron chi connectivity index (χ2n) is 4.29. The molecule has 78 valence electrons. The zero-order chi connectivity index (χ0) is 10.4. The molecule has 0 fully saturated rings. The number of anilines is 1. The Balaban J connectivity index is 2.30. The zero-order valence-electron chi connectivity index (χ0n) is 8.66. The third-order valence-electron chi connectivity index (χ3n) is 3.12. The molecule has 2 aromatic rings. The molecule has 2 heterocycles. The maximum atomic E-state index is 5.93. The van der Waals surface area contributed by atoms with Crippen LogP contribution in [0.25, 0.3) is 10.2 Å². The van der Waals surface area contributed by atoms with Gasteiger partial charge in [-0.25, -0.2) is 9.97 Å². The lowest BCUT2D eigenvalue weighted by Crippen LogP contribution is -2.09. The molecule has 15 heavy (non-hydrogen) atoms. The van der Waals surface area contributed by atoms with E-state index in [1.165, 1.54) is 23.3 Å². The molecule has 0 spiro atoms. The number of aryl methyl sites for hydroxylation is 1. The molecule has 0 amide bonds. The number of nitrogen functional groups attached to an aromatic ring is 1. The van der Waals surface area contributed by atoms with Crippen LogP contribution in [0.15, 0.2) is 6.33 Å². The molecule has 0 aromatic carbocycles. The van der Waals surface area contributed by atoms with Crippen molar-refractivity contribution in [2.24, 2.45) is 5.92 Å². The third kappa shape index (κ3) is 1.32. The molecule has 0 saturated heterocycles. The molecule has 4 heteroatoms. The van der Waals surface area contributed by atoms with Crippen molar-refractivity contribution < 1.29 is 0 Å². The van der Waals surface area contributed by atoms with Gasteiger partial charge < -0.3 is 5.73 Å². The summed E-state index contributed by atoms with van der Waals surface area (Å²) in [5.74, 6) is 1.40. The topological polar surface area (TPSA) is 51.8 Å². The molecule has 3 nitrogen and oxygen atoms in total. The van der Waals surface area contributed by atoms with Crippen LogP contribution in [-0.4, -0.2) is 9.97 Å². The van der Waals surface area contributed by atoms with Crippen molar-refractivity contribution in [1.29, 1.82) is 0 Å². The molecular weight excluding hydrogens is 206 g/mol. The van der Waals surface area contributed by atoms with Crippen molar-refractivity contribution >= 4 is 27.4 Å². The molecule has 1 aliphatic rings. The van der Waals surface area contributed by atoms with Crippen molar-refractivity contribution in [2.45, 2.75) is 26.2 Å². The van der Waals surface area contributed by atoms with Gasteiger partial charge in [0.05, 0.1) is 5.39 Å². The van der Waals surface area contributed by atoms with Crippen LogP contribution in [0.5, 0.6) is 0 Å². The van der Waals surface area contributed by atoms with E-state index in [0.717, 1.165) is 22.6 Å². The summed E-state index contributed by atoms with van der Waals surface area (Å²) in [6.07, 6.45) is 5.15. The SMILES string of the molecule is CC1CCc2sc3ncnc(N)c3c2C1. The summed E-state index contributed by atoms with van der Waals surface area (Å²) in [6.45, 7) is 2.30. The Morgan fingerprint density at radius 3 is 3.20 bits per heavy atom. The van der Waals surface area contributed by atoms with E-state index in [9.17, 15) is 0 Å². The Morgan fingerprint density at radius 2 is 2.33 bits per heavy atom. The maximum Gasteiger partial charge on any atom is 0.135 e. The predicted molar refractivity (Wildman–Crippen MR) is 63.0 cm³/mol. The van der Waals surface area contributed by atoms with Crippen LogP contribution in [0.3, 0.4) is 0 Å². The first-order valence-electron chi connectivity index (χ1n) is 5.26.